The van der Waals surface area contributed by atoms with E-state index in [1.54, 1.807) is 0 Å². The van der Waals surface area contributed by atoms with Gasteiger partial charge in [0.1, 0.15) is 0 Å². The first kappa shape index (κ1) is 15.1. The van der Waals surface area contributed by atoms with E-state index in [4.69, 9.17) is 0 Å². The van der Waals surface area contributed by atoms with Crippen LogP contribution in [-0.2, 0) is 6.42 Å². The lowest BCUT2D eigenvalue weighted by Gasteiger charge is -2.24. The fourth-order valence-electron chi connectivity index (χ4n) is 3.99. The predicted octanol–water partition coefficient (Wildman–Crippen LogP) is 5.74. The molecule has 0 fully saturated rings. The highest BCUT2D eigenvalue weighted by atomic mass is 15.5. The molecule has 3 heteroatoms. The smallest absolute Gasteiger partial charge is 0.0815 e. The summed E-state index contributed by atoms with van der Waals surface area (Å²) in [6.45, 7) is 7.23. The van der Waals surface area contributed by atoms with E-state index in [2.05, 4.69) is 89.6 Å². The number of hydrazine groups is 1. The number of rotatable bonds is 3. The lowest BCUT2D eigenvalue weighted by atomic mass is 10.1. The maximum atomic E-state index is 4.24. The van der Waals surface area contributed by atoms with Crippen LogP contribution in [0.15, 0.2) is 67.2 Å². The third-order valence-corrected chi connectivity index (χ3v) is 5.32. The van der Waals surface area contributed by atoms with Crippen molar-refractivity contribution < 1.29 is 0 Å². The van der Waals surface area contributed by atoms with Crippen LogP contribution in [0.1, 0.15) is 18.1 Å². The number of hydrogen-bond acceptors (Lipinski definition) is 2. The predicted molar refractivity (Wildman–Crippen MR) is 112 cm³/mol. The van der Waals surface area contributed by atoms with Gasteiger partial charge in [0.15, 0.2) is 0 Å². The van der Waals surface area contributed by atoms with Gasteiger partial charge >= 0.3 is 0 Å². The Bertz CT molecular complexity index is 1150. The van der Waals surface area contributed by atoms with E-state index in [0.29, 0.717) is 0 Å². The number of nitrogens with one attached hydrogen (secondary N) is 2. The zero-order chi connectivity index (χ0) is 17.7. The van der Waals surface area contributed by atoms with Gasteiger partial charge in [-0.25, -0.2) is 0 Å². The molecule has 0 atom stereocenters. The van der Waals surface area contributed by atoms with Gasteiger partial charge in [-0.3, -0.25) is 10.4 Å². The van der Waals surface area contributed by atoms with Gasteiger partial charge in [-0.2, -0.15) is 0 Å². The zero-order valence-electron chi connectivity index (χ0n) is 14.8. The SMILES string of the molecule is C=C1CN(Nc2c(CC)ccc3c2[nH]c2ccccc23)c2ccccc21. The first-order valence-corrected chi connectivity index (χ1v) is 9.10. The fraction of sp³-hybridized carbons (Fsp3) is 0.130. The standard InChI is InChI=1S/C23H21N3/c1-3-16-12-13-19-18-9-4-6-10-20(18)24-23(19)22(16)25-26-14-15(2)17-8-5-7-11-21(17)26/h4-13,24-25H,2-3,14H2,1H3. The second-order valence-corrected chi connectivity index (χ2v) is 6.87. The molecule has 1 aliphatic heterocycles. The normalized spacial score (nSPS) is 13.6. The van der Waals surface area contributed by atoms with Gasteiger partial charge in [0.05, 0.1) is 23.4 Å². The van der Waals surface area contributed by atoms with E-state index in [1.165, 1.54) is 38.6 Å². The third-order valence-electron chi connectivity index (χ3n) is 5.32. The summed E-state index contributed by atoms with van der Waals surface area (Å²) in [6.07, 6.45) is 0.976. The molecule has 0 spiro atoms. The van der Waals surface area contributed by atoms with E-state index in [-0.39, 0.29) is 0 Å². The fourth-order valence-corrected chi connectivity index (χ4v) is 3.99. The molecule has 4 aromatic rings. The van der Waals surface area contributed by atoms with Crippen molar-refractivity contribution in [2.24, 2.45) is 0 Å². The quantitative estimate of drug-likeness (QED) is 0.498. The monoisotopic (exact) mass is 339 g/mol. The van der Waals surface area contributed by atoms with Gasteiger partial charge in [0, 0.05) is 21.9 Å². The van der Waals surface area contributed by atoms with E-state index >= 15 is 0 Å². The average molecular weight is 339 g/mol. The van der Waals surface area contributed by atoms with Crippen molar-refractivity contribution in [1.29, 1.82) is 0 Å². The molecule has 2 heterocycles. The maximum absolute atomic E-state index is 4.24. The van der Waals surface area contributed by atoms with Crippen molar-refractivity contribution in [1.82, 2.24) is 4.98 Å². The van der Waals surface area contributed by atoms with Crippen LogP contribution in [0.3, 0.4) is 0 Å². The van der Waals surface area contributed by atoms with Gasteiger partial charge in [-0.1, -0.05) is 62.0 Å². The minimum absolute atomic E-state index is 0.791. The van der Waals surface area contributed by atoms with E-state index in [0.717, 1.165) is 24.2 Å². The van der Waals surface area contributed by atoms with Crippen LogP contribution < -0.4 is 10.4 Å². The maximum Gasteiger partial charge on any atom is 0.0815 e. The number of hydrogen-bond donors (Lipinski definition) is 2. The number of aromatic amines is 1. The summed E-state index contributed by atoms with van der Waals surface area (Å²) < 4.78 is 0. The minimum atomic E-state index is 0.791. The summed E-state index contributed by atoms with van der Waals surface area (Å²) in [4.78, 5) is 3.62. The van der Waals surface area contributed by atoms with Crippen molar-refractivity contribution in [3.8, 4) is 0 Å². The van der Waals surface area contributed by atoms with Crippen LogP contribution in [-0.4, -0.2) is 11.5 Å². The Hall–Kier alpha value is -3.20. The molecule has 0 amide bonds. The van der Waals surface area contributed by atoms with Crippen molar-refractivity contribution >= 4 is 38.8 Å². The molecule has 128 valence electrons. The Morgan fingerprint density at radius 3 is 2.69 bits per heavy atom. The largest absolute Gasteiger partial charge is 0.353 e. The van der Waals surface area contributed by atoms with Gasteiger partial charge in [0.25, 0.3) is 0 Å². The third kappa shape index (κ3) is 2.14. The number of para-hydroxylation sites is 2. The number of nitrogens with zero attached hydrogens (tertiary/aromatic N) is 1. The highest BCUT2D eigenvalue weighted by Gasteiger charge is 2.23. The van der Waals surface area contributed by atoms with Crippen molar-refractivity contribution in [2.75, 3.05) is 17.0 Å². The molecule has 0 saturated heterocycles. The minimum Gasteiger partial charge on any atom is -0.353 e. The topological polar surface area (TPSA) is 31.1 Å². The van der Waals surface area contributed by atoms with Gasteiger partial charge in [-0.15, -0.1) is 0 Å². The summed E-state index contributed by atoms with van der Waals surface area (Å²) in [6, 6.07) is 21.4. The number of aromatic nitrogens is 1. The molecule has 0 radical (unpaired) electrons. The summed E-state index contributed by atoms with van der Waals surface area (Å²) in [5, 5.41) is 4.72. The van der Waals surface area contributed by atoms with Gasteiger partial charge in [0.2, 0.25) is 0 Å². The molecule has 2 N–H and O–H groups in total. The molecule has 3 nitrogen and oxygen atoms in total. The second kappa shape index (κ2) is 5.67. The molecular weight excluding hydrogens is 318 g/mol. The van der Waals surface area contributed by atoms with Crippen LogP contribution >= 0.6 is 0 Å². The Labute approximate surface area is 152 Å². The highest BCUT2D eigenvalue weighted by Crippen LogP contribution is 2.38. The molecule has 0 saturated carbocycles. The number of benzene rings is 3. The Morgan fingerprint density at radius 1 is 1.00 bits per heavy atom. The Kier molecular flexibility index (Phi) is 3.29. The van der Waals surface area contributed by atoms with E-state index in [9.17, 15) is 0 Å². The summed E-state index contributed by atoms with van der Waals surface area (Å²) in [5.74, 6) is 0. The summed E-state index contributed by atoms with van der Waals surface area (Å²) in [5.41, 5.74) is 12.1. The molecular formula is C23H21N3. The number of aryl methyl sites for hydroxylation is 1. The second-order valence-electron chi connectivity index (χ2n) is 6.87. The van der Waals surface area contributed by atoms with E-state index in [1.807, 2.05) is 0 Å². The number of anilines is 2. The molecule has 5 rings (SSSR count). The molecule has 3 aromatic carbocycles. The zero-order valence-corrected chi connectivity index (χ0v) is 14.8. The number of fused-ring (bicyclic) bond motifs is 4. The Balaban J connectivity index is 1.68. The molecule has 1 aliphatic rings. The van der Waals surface area contributed by atoms with Crippen LogP contribution in [0.5, 0.6) is 0 Å². The summed E-state index contributed by atoms with van der Waals surface area (Å²) >= 11 is 0. The van der Waals surface area contributed by atoms with Crippen LogP contribution in [0.25, 0.3) is 27.4 Å². The van der Waals surface area contributed by atoms with Crippen molar-refractivity contribution in [2.45, 2.75) is 13.3 Å². The van der Waals surface area contributed by atoms with Gasteiger partial charge in [-0.05, 0) is 29.7 Å². The summed E-state index contributed by atoms with van der Waals surface area (Å²) in [7, 11) is 0. The molecule has 0 unspecified atom stereocenters. The van der Waals surface area contributed by atoms with Crippen LogP contribution in [0, 0.1) is 0 Å². The average Bonchev–Trinajstić information content (AvgIpc) is 3.21. The van der Waals surface area contributed by atoms with Crippen LogP contribution in [0.2, 0.25) is 0 Å². The highest BCUT2D eigenvalue weighted by molar-refractivity contribution is 6.12. The molecule has 1 aromatic heterocycles. The first-order chi connectivity index (χ1) is 12.8. The lowest BCUT2D eigenvalue weighted by Crippen LogP contribution is -2.28. The van der Waals surface area contributed by atoms with E-state index < -0.39 is 0 Å². The van der Waals surface area contributed by atoms with Crippen molar-refractivity contribution in [3.05, 3.63) is 78.4 Å². The van der Waals surface area contributed by atoms with Crippen LogP contribution in [0.4, 0.5) is 11.4 Å². The van der Waals surface area contributed by atoms with Crippen molar-refractivity contribution in [3.63, 3.8) is 0 Å². The van der Waals surface area contributed by atoms with Gasteiger partial charge < -0.3 is 4.98 Å². The Morgan fingerprint density at radius 2 is 1.81 bits per heavy atom. The molecule has 0 bridgehead atoms. The molecule has 0 aliphatic carbocycles. The lowest BCUT2D eigenvalue weighted by molar-refractivity contribution is 1.04. The molecule has 26 heavy (non-hydrogen) atoms. The first-order valence-electron chi connectivity index (χ1n) is 9.10. The number of H-pyrrole nitrogens is 1.